The van der Waals surface area contributed by atoms with Crippen molar-refractivity contribution in [2.75, 3.05) is 18.5 Å². The van der Waals surface area contributed by atoms with Gasteiger partial charge >= 0.3 is 6.18 Å². The molecule has 0 heterocycles. The zero-order valence-corrected chi connectivity index (χ0v) is 12.0. The van der Waals surface area contributed by atoms with E-state index in [-0.39, 0.29) is 16.5 Å². The Kier molecular flexibility index (Phi) is 6.11. The van der Waals surface area contributed by atoms with Crippen molar-refractivity contribution in [3.05, 3.63) is 41.0 Å². The van der Waals surface area contributed by atoms with Crippen molar-refractivity contribution in [1.82, 2.24) is 5.32 Å². The normalized spacial score (nSPS) is 10.7. The van der Waals surface area contributed by atoms with Gasteiger partial charge in [-0.05, 0) is 12.2 Å². The second-order valence-electron chi connectivity index (χ2n) is 4.00. The lowest BCUT2D eigenvalue weighted by Gasteiger charge is -2.12. The molecular weight excluding hydrogens is 323 g/mol. The summed E-state index contributed by atoms with van der Waals surface area (Å²) in [6, 6.07) is 3.21. The highest BCUT2D eigenvalue weighted by Gasteiger charge is 2.28. The first-order valence-corrected chi connectivity index (χ1v) is 6.27. The first kappa shape index (κ1) is 17.7. The maximum absolute atomic E-state index is 12.1. The molecular formula is C12H12F3N3O3S. The Morgan fingerprint density at radius 1 is 1.45 bits per heavy atom. The lowest BCUT2D eigenvalue weighted by atomic mass is 10.2. The lowest BCUT2D eigenvalue weighted by Crippen LogP contribution is -2.28. The molecule has 6 nitrogen and oxygen atoms in total. The van der Waals surface area contributed by atoms with Crippen molar-refractivity contribution >= 4 is 28.7 Å². The molecule has 0 aliphatic rings. The third-order valence-electron chi connectivity index (χ3n) is 2.17. The summed E-state index contributed by atoms with van der Waals surface area (Å²) in [6.07, 6.45) is -3.00. The molecule has 0 aromatic heterocycles. The summed E-state index contributed by atoms with van der Waals surface area (Å²) in [5.41, 5.74) is -0.290. The molecule has 0 unspecified atom stereocenters. The average molecular weight is 335 g/mol. The minimum atomic E-state index is -4.54. The van der Waals surface area contributed by atoms with Gasteiger partial charge in [0.05, 0.1) is 16.7 Å². The highest BCUT2D eigenvalue weighted by molar-refractivity contribution is 7.80. The lowest BCUT2D eigenvalue weighted by molar-refractivity contribution is -0.384. The molecule has 1 aromatic rings. The van der Waals surface area contributed by atoms with Gasteiger partial charge in [-0.2, -0.15) is 13.2 Å². The van der Waals surface area contributed by atoms with Gasteiger partial charge in [0.2, 0.25) is 0 Å². The Balaban J connectivity index is 2.91. The Bertz CT molecular complexity index is 578. The third-order valence-corrected chi connectivity index (χ3v) is 2.42. The fourth-order valence-electron chi connectivity index (χ4n) is 1.35. The van der Waals surface area contributed by atoms with Crippen LogP contribution in [0.15, 0.2) is 30.9 Å². The van der Waals surface area contributed by atoms with E-state index in [0.29, 0.717) is 6.54 Å². The van der Waals surface area contributed by atoms with E-state index in [1.165, 1.54) is 6.07 Å². The number of nitro groups is 1. The van der Waals surface area contributed by atoms with E-state index in [1.807, 2.05) is 0 Å². The molecule has 120 valence electrons. The number of non-ortho nitro benzene ring substituents is 1. The van der Waals surface area contributed by atoms with E-state index >= 15 is 0 Å². The van der Waals surface area contributed by atoms with Crippen LogP contribution in [0.5, 0.6) is 5.75 Å². The van der Waals surface area contributed by atoms with Gasteiger partial charge in [0, 0.05) is 18.7 Å². The van der Waals surface area contributed by atoms with Gasteiger partial charge in [0.1, 0.15) is 5.75 Å². The van der Waals surface area contributed by atoms with Crippen LogP contribution in [0.25, 0.3) is 0 Å². The second kappa shape index (κ2) is 7.59. The number of thiocarbonyl (C=S) groups is 1. The fraction of sp³-hybridized carbons (Fsp3) is 0.250. The molecule has 0 aliphatic heterocycles. The quantitative estimate of drug-likeness (QED) is 0.360. The zero-order valence-electron chi connectivity index (χ0n) is 11.1. The molecule has 0 saturated carbocycles. The first-order valence-electron chi connectivity index (χ1n) is 5.86. The number of nitro benzene ring substituents is 1. The number of alkyl halides is 3. The molecule has 0 radical (unpaired) electrons. The SMILES string of the molecule is C=CCNC(=S)Nc1cc(OCC(F)(F)F)cc([N+](=O)[O-])c1. The molecule has 0 bridgehead atoms. The minimum Gasteiger partial charge on any atom is -0.484 e. The van der Waals surface area contributed by atoms with E-state index in [9.17, 15) is 23.3 Å². The number of benzene rings is 1. The largest absolute Gasteiger partial charge is 0.484 e. The number of nitrogens with zero attached hydrogens (tertiary/aromatic N) is 1. The van der Waals surface area contributed by atoms with Crippen molar-refractivity contribution < 1.29 is 22.8 Å². The molecule has 22 heavy (non-hydrogen) atoms. The Hall–Kier alpha value is -2.36. The van der Waals surface area contributed by atoms with Crippen LogP contribution in [0.4, 0.5) is 24.5 Å². The van der Waals surface area contributed by atoms with E-state index in [2.05, 4.69) is 21.9 Å². The summed E-state index contributed by atoms with van der Waals surface area (Å²) in [5.74, 6) is -0.291. The zero-order chi connectivity index (χ0) is 16.8. The Morgan fingerprint density at radius 3 is 2.68 bits per heavy atom. The number of ether oxygens (including phenoxy) is 1. The van der Waals surface area contributed by atoms with Gasteiger partial charge in [0.25, 0.3) is 5.69 Å². The summed E-state index contributed by atoms with van der Waals surface area (Å²) < 4.78 is 40.9. The summed E-state index contributed by atoms with van der Waals surface area (Å²) >= 11 is 4.92. The molecule has 0 aliphatic carbocycles. The molecule has 0 atom stereocenters. The molecule has 1 rings (SSSR count). The van der Waals surface area contributed by atoms with Crippen molar-refractivity contribution in [2.45, 2.75) is 6.18 Å². The van der Waals surface area contributed by atoms with Crippen molar-refractivity contribution in [3.8, 4) is 5.75 Å². The number of halogens is 3. The Morgan fingerprint density at radius 2 is 2.14 bits per heavy atom. The number of hydrogen-bond acceptors (Lipinski definition) is 4. The number of rotatable bonds is 6. The van der Waals surface area contributed by atoms with E-state index in [1.54, 1.807) is 6.08 Å². The summed E-state index contributed by atoms with van der Waals surface area (Å²) in [5, 5.41) is 16.3. The smallest absolute Gasteiger partial charge is 0.422 e. The van der Waals surface area contributed by atoms with Crippen LogP contribution >= 0.6 is 12.2 Å². The van der Waals surface area contributed by atoms with Gasteiger partial charge < -0.3 is 15.4 Å². The highest BCUT2D eigenvalue weighted by Crippen LogP contribution is 2.27. The molecule has 0 amide bonds. The standard InChI is InChI=1S/C12H12F3N3O3S/c1-2-3-16-11(22)17-8-4-9(18(19)20)6-10(5-8)21-7-12(13,14)15/h2,4-6H,1,3,7H2,(H2,16,17,22). The predicted octanol–water partition coefficient (Wildman–Crippen LogP) is 3.01. The second-order valence-corrected chi connectivity index (χ2v) is 4.41. The predicted molar refractivity (Wildman–Crippen MR) is 79.1 cm³/mol. The summed E-state index contributed by atoms with van der Waals surface area (Å²) in [6.45, 7) is 2.28. The molecule has 1 aromatic carbocycles. The number of hydrogen-bond donors (Lipinski definition) is 2. The van der Waals surface area contributed by atoms with Crippen LogP contribution in [-0.2, 0) is 0 Å². The van der Waals surface area contributed by atoms with E-state index in [0.717, 1.165) is 12.1 Å². The van der Waals surface area contributed by atoms with Crippen LogP contribution in [0, 0.1) is 10.1 Å². The van der Waals surface area contributed by atoms with Crippen LogP contribution in [0.2, 0.25) is 0 Å². The van der Waals surface area contributed by atoms with E-state index < -0.39 is 23.4 Å². The topological polar surface area (TPSA) is 76.4 Å². The molecule has 0 saturated heterocycles. The van der Waals surface area contributed by atoms with Gasteiger partial charge in [-0.3, -0.25) is 10.1 Å². The van der Waals surface area contributed by atoms with Crippen molar-refractivity contribution in [1.29, 1.82) is 0 Å². The Labute approximate surface area is 129 Å². The first-order chi connectivity index (χ1) is 10.2. The highest BCUT2D eigenvalue weighted by atomic mass is 32.1. The minimum absolute atomic E-state index is 0.132. The van der Waals surface area contributed by atoms with Crippen LogP contribution in [0.1, 0.15) is 0 Å². The maximum atomic E-state index is 12.1. The fourth-order valence-corrected chi connectivity index (χ4v) is 1.55. The van der Waals surface area contributed by atoms with Gasteiger partial charge in [-0.15, -0.1) is 6.58 Å². The third kappa shape index (κ3) is 6.39. The number of anilines is 1. The maximum Gasteiger partial charge on any atom is 0.422 e. The molecule has 10 heteroatoms. The van der Waals surface area contributed by atoms with Gasteiger partial charge in [0.15, 0.2) is 11.7 Å². The molecule has 2 N–H and O–H groups in total. The van der Waals surface area contributed by atoms with Gasteiger partial charge in [-0.25, -0.2) is 0 Å². The van der Waals surface area contributed by atoms with Gasteiger partial charge in [-0.1, -0.05) is 6.08 Å². The van der Waals surface area contributed by atoms with E-state index in [4.69, 9.17) is 12.2 Å². The van der Waals surface area contributed by atoms with Crippen molar-refractivity contribution in [3.63, 3.8) is 0 Å². The summed E-state index contributed by atoms with van der Waals surface area (Å²) in [7, 11) is 0. The van der Waals surface area contributed by atoms with Crippen LogP contribution in [0.3, 0.4) is 0 Å². The average Bonchev–Trinajstić information content (AvgIpc) is 2.42. The molecule has 0 fully saturated rings. The number of nitrogens with one attached hydrogen (secondary N) is 2. The van der Waals surface area contributed by atoms with Crippen LogP contribution < -0.4 is 15.4 Å². The molecule has 0 spiro atoms. The summed E-state index contributed by atoms with van der Waals surface area (Å²) in [4.78, 5) is 10.1. The monoisotopic (exact) mass is 335 g/mol. The van der Waals surface area contributed by atoms with Crippen LogP contribution in [-0.4, -0.2) is 29.4 Å². The van der Waals surface area contributed by atoms with Crippen molar-refractivity contribution in [2.24, 2.45) is 0 Å².